The largest absolute Gasteiger partial charge is 0.468 e. The maximum absolute atomic E-state index is 13.0. The summed E-state index contributed by atoms with van der Waals surface area (Å²) in [6.45, 7) is 2.58. The predicted molar refractivity (Wildman–Crippen MR) is 134 cm³/mol. The van der Waals surface area contributed by atoms with E-state index >= 15 is 0 Å². The van der Waals surface area contributed by atoms with Crippen LogP contribution >= 0.6 is 23.8 Å². The number of methoxy groups -OCH3 is 1. The molecule has 0 aliphatic carbocycles. The lowest BCUT2D eigenvalue weighted by molar-refractivity contribution is -0.140. The third kappa shape index (κ3) is 4.26. The van der Waals surface area contributed by atoms with Gasteiger partial charge < -0.3 is 14.2 Å². The van der Waals surface area contributed by atoms with E-state index in [1.807, 2.05) is 42.6 Å². The van der Waals surface area contributed by atoms with Gasteiger partial charge in [0.1, 0.15) is 12.2 Å². The van der Waals surface area contributed by atoms with Crippen LogP contribution in [0.4, 0.5) is 0 Å². The summed E-state index contributed by atoms with van der Waals surface area (Å²) in [5.74, 6) is -0.733. The topological polar surface area (TPSA) is 54.8 Å². The van der Waals surface area contributed by atoms with Crippen molar-refractivity contribution >= 4 is 57.8 Å². The lowest BCUT2D eigenvalue weighted by Crippen LogP contribution is -2.33. The van der Waals surface area contributed by atoms with Gasteiger partial charge in [-0.25, -0.2) is 0 Å². The summed E-state index contributed by atoms with van der Waals surface area (Å²) in [4.78, 5) is 27.8. The van der Waals surface area contributed by atoms with Crippen molar-refractivity contribution in [3.63, 3.8) is 0 Å². The van der Waals surface area contributed by atoms with Crippen molar-refractivity contribution in [3.8, 4) is 0 Å². The van der Waals surface area contributed by atoms with Crippen molar-refractivity contribution in [1.82, 2.24) is 14.4 Å². The minimum atomic E-state index is -0.472. The number of halogens is 1. The van der Waals surface area contributed by atoms with Crippen molar-refractivity contribution in [2.75, 3.05) is 20.7 Å². The van der Waals surface area contributed by atoms with Gasteiger partial charge in [-0.2, -0.15) is 0 Å². The van der Waals surface area contributed by atoms with Gasteiger partial charge in [-0.15, -0.1) is 0 Å². The van der Waals surface area contributed by atoms with Crippen molar-refractivity contribution in [2.24, 2.45) is 0 Å². The van der Waals surface area contributed by atoms with Crippen LogP contribution < -0.4 is 0 Å². The number of hydrogen-bond donors (Lipinski definition) is 0. The highest BCUT2D eigenvalue weighted by atomic mass is 35.5. The molecule has 3 aromatic rings. The maximum atomic E-state index is 13.0. The molecule has 170 valence electrons. The fourth-order valence-electron chi connectivity index (χ4n) is 4.09. The van der Waals surface area contributed by atoms with E-state index < -0.39 is 5.97 Å². The van der Waals surface area contributed by atoms with Crippen LogP contribution in [0.2, 0.25) is 5.02 Å². The van der Waals surface area contributed by atoms with Crippen LogP contribution in [0.5, 0.6) is 0 Å². The van der Waals surface area contributed by atoms with E-state index in [9.17, 15) is 9.59 Å². The van der Waals surface area contributed by atoms with Crippen molar-refractivity contribution in [1.29, 1.82) is 0 Å². The first-order valence-electron chi connectivity index (χ1n) is 10.6. The van der Waals surface area contributed by atoms with Crippen LogP contribution in [-0.2, 0) is 27.3 Å². The molecule has 2 heterocycles. The van der Waals surface area contributed by atoms with Gasteiger partial charge in [0.15, 0.2) is 5.11 Å². The predicted octanol–water partition coefficient (Wildman–Crippen LogP) is 4.48. The zero-order chi connectivity index (χ0) is 23.7. The Morgan fingerprint density at radius 1 is 1.15 bits per heavy atom. The van der Waals surface area contributed by atoms with E-state index in [1.165, 1.54) is 22.5 Å². The monoisotopic (exact) mass is 481 g/mol. The molecule has 33 heavy (non-hydrogen) atoms. The number of hydrogen-bond acceptors (Lipinski definition) is 4. The molecule has 4 rings (SSSR count). The molecule has 8 heteroatoms. The van der Waals surface area contributed by atoms with Gasteiger partial charge in [0.25, 0.3) is 5.91 Å². The molecule has 0 unspecified atom stereocenters. The molecule has 6 nitrogen and oxygen atoms in total. The standard InChI is InChI=1S/C25H24ClN3O3S/c1-4-16-9-7-10-19-18(14-28(23(16)19)13-17-8-5-6-11-20(17)26)12-21-24(31)27(2)25(33)29(21)15-22(30)32-3/h5-12,14H,4,13,15H2,1-3H3/b21-12-. The first-order chi connectivity index (χ1) is 15.8. The van der Waals surface area contributed by atoms with Crippen molar-refractivity contribution in [2.45, 2.75) is 19.9 Å². The fraction of sp³-hybridized carbons (Fsp3) is 0.240. The highest BCUT2D eigenvalue weighted by Gasteiger charge is 2.37. The van der Waals surface area contributed by atoms with Gasteiger partial charge >= 0.3 is 5.97 Å². The first kappa shape index (κ1) is 23.0. The van der Waals surface area contributed by atoms with Crippen molar-refractivity contribution in [3.05, 3.63) is 76.1 Å². The van der Waals surface area contributed by atoms with E-state index in [4.69, 9.17) is 28.6 Å². The summed E-state index contributed by atoms with van der Waals surface area (Å²) >= 11 is 11.8. The SMILES string of the molecule is CCc1cccc2c(/C=C3/C(=O)N(C)C(=S)N3CC(=O)OC)cn(Cc3ccccc3Cl)c12. The second-order valence-electron chi connectivity index (χ2n) is 7.81. The number of esters is 1. The van der Waals surface area contributed by atoms with Crippen LogP contribution in [0.15, 0.2) is 54.4 Å². The number of para-hydroxylation sites is 1. The molecule has 1 aliphatic rings. The summed E-state index contributed by atoms with van der Waals surface area (Å²) in [6, 6.07) is 13.9. The molecule has 1 saturated heterocycles. The van der Waals surface area contributed by atoms with Gasteiger partial charge in [-0.1, -0.05) is 54.9 Å². The number of thiocarbonyl (C=S) groups is 1. The molecule has 1 aromatic heterocycles. The van der Waals surface area contributed by atoms with Crippen LogP contribution in [0.25, 0.3) is 17.0 Å². The van der Waals surface area contributed by atoms with Gasteiger partial charge in [-0.3, -0.25) is 14.5 Å². The Labute approximate surface area is 203 Å². The second-order valence-corrected chi connectivity index (χ2v) is 8.58. The molecule has 0 bridgehead atoms. The Kier molecular flexibility index (Phi) is 6.54. The first-order valence-corrected chi connectivity index (χ1v) is 11.4. The lowest BCUT2D eigenvalue weighted by atomic mass is 10.1. The molecule has 0 saturated carbocycles. The Balaban J connectivity index is 1.86. The number of benzene rings is 2. The Bertz CT molecular complexity index is 1300. The second kappa shape index (κ2) is 9.37. The average Bonchev–Trinajstić information content (AvgIpc) is 3.26. The molecule has 0 atom stereocenters. The molecule has 0 radical (unpaired) electrons. The summed E-state index contributed by atoms with van der Waals surface area (Å²) in [7, 11) is 2.91. The number of likely N-dealkylation sites (N-methyl/N-ethyl adjacent to an activating group) is 1. The van der Waals surface area contributed by atoms with Crippen LogP contribution in [-0.4, -0.2) is 52.1 Å². The summed E-state index contributed by atoms with van der Waals surface area (Å²) in [5.41, 5.74) is 4.50. The summed E-state index contributed by atoms with van der Waals surface area (Å²) in [5, 5.41) is 1.99. The average molecular weight is 482 g/mol. The number of carbonyl (C=O) groups excluding carboxylic acids is 2. The molecule has 1 amide bonds. The van der Waals surface area contributed by atoms with Gasteiger partial charge in [0, 0.05) is 35.8 Å². The Hall–Kier alpha value is -3.16. The van der Waals surface area contributed by atoms with Crippen LogP contribution in [0, 0.1) is 0 Å². The number of fused-ring (bicyclic) bond motifs is 1. The highest BCUT2D eigenvalue weighted by molar-refractivity contribution is 7.80. The Morgan fingerprint density at radius 2 is 1.88 bits per heavy atom. The fourth-order valence-corrected chi connectivity index (χ4v) is 4.53. The minimum absolute atomic E-state index is 0.129. The third-order valence-electron chi connectivity index (χ3n) is 5.83. The molecular formula is C25H24ClN3O3S. The number of aromatic nitrogens is 1. The quantitative estimate of drug-likeness (QED) is 0.295. The molecule has 0 spiro atoms. The van der Waals surface area contributed by atoms with Crippen LogP contribution in [0.1, 0.15) is 23.6 Å². The molecule has 1 fully saturated rings. The third-order valence-corrected chi connectivity index (χ3v) is 6.69. The molecular weight excluding hydrogens is 458 g/mol. The van der Waals surface area contributed by atoms with E-state index in [1.54, 1.807) is 13.1 Å². The zero-order valence-corrected chi connectivity index (χ0v) is 20.2. The zero-order valence-electron chi connectivity index (χ0n) is 18.7. The maximum Gasteiger partial charge on any atom is 0.325 e. The normalized spacial score (nSPS) is 15.2. The molecule has 1 aliphatic heterocycles. The van der Waals surface area contributed by atoms with Gasteiger partial charge in [0.2, 0.25) is 0 Å². The van der Waals surface area contributed by atoms with E-state index in [0.29, 0.717) is 17.3 Å². The number of amides is 1. The van der Waals surface area contributed by atoms with E-state index in [-0.39, 0.29) is 17.6 Å². The lowest BCUT2D eigenvalue weighted by Gasteiger charge is -2.16. The van der Waals surface area contributed by atoms with E-state index in [2.05, 4.69) is 17.6 Å². The smallest absolute Gasteiger partial charge is 0.325 e. The van der Waals surface area contributed by atoms with E-state index in [0.717, 1.165) is 28.5 Å². The number of ether oxygens (including phenoxy) is 1. The summed E-state index contributed by atoms with van der Waals surface area (Å²) < 4.78 is 6.96. The Morgan fingerprint density at radius 3 is 2.58 bits per heavy atom. The number of carbonyl (C=O) groups is 2. The van der Waals surface area contributed by atoms with Gasteiger partial charge in [-0.05, 0) is 41.9 Å². The van der Waals surface area contributed by atoms with Crippen LogP contribution in [0.3, 0.4) is 0 Å². The van der Waals surface area contributed by atoms with Crippen molar-refractivity contribution < 1.29 is 14.3 Å². The molecule has 0 N–H and O–H groups in total. The minimum Gasteiger partial charge on any atom is -0.468 e. The number of rotatable bonds is 6. The number of nitrogens with zero attached hydrogens (tertiary/aromatic N) is 3. The molecule has 2 aromatic carbocycles. The number of aryl methyl sites for hydroxylation is 1. The highest BCUT2D eigenvalue weighted by Crippen LogP contribution is 2.31. The van der Waals surface area contributed by atoms with Gasteiger partial charge in [0.05, 0.1) is 12.6 Å². The summed E-state index contributed by atoms with van der Waals surface area (Å²) in [6.07, 6.45) is 4.68.